The average Bonchev–Trinajstić information content (AvgIpc) is 3.27. The van der Waals surface area contributed by atoms with Gasteiger partial charge in [-0.1, -0.05) is 108 Å². The van der Waals surface area contributed by atoms with E-state index in [0.29, 0.717) is 6.42 Å². The summed E-state index contributed by atoms with van der Waals surface area (Å²) in [5.74, 6) is 0.397. The second kappa shape index (κ2) is 15.3. The molecule has 0 bridgehead atoms. The van der Waals surface area contributed by atoms with E-state index < -0.39 is 5.97 Å². The number of hydrogen-bond acceptors (Lipinski definition) is 1. The van der Waals surface area contributed by atoms with Crippen LogP contribution in [0.2, 0.25) is 0 Å². The molecule has 2 heteroatoms. The standard InChI is InChI=1S/C30H48O2/c1-3-5-6-7-8-9-11-17-26(4-2)18-16-19-27(24-29(31)32)25-30(22-14-15-23-30)28-20-12-10-13-21-28/h9-13,20-21,26-27H,3-8,14-19,22-25H2,1-2H3,(H,31,32). The second-order valence-electron chi connectivity index (χ2n) is 10.3. The number of unbranched alkanes of at least 4 members (excludes halogenated alkanes) is 4. The number of benzene rings is 1. The molecule has 0 aliphatic heterocycles. The van der Waals surface area contributed by atoms with Gasteiger partial charge in [0.2, 0.25) is 0 Å². The Balaban J connectivity index is 1.85. The Morgan fingerprint density at radius 1 is 0.969 bits per heavy atom. The Kier molecular flexibility index (Phi) is 12.8. The molecule has 0 heterocycles. The molecule has 0 saturated heterocycles. The number of allylic oxidation sites excluding steroid dienone is 2. The van der Waals surface area contributed by atoms with Crippen LogP contribution in [0.5, 0.6) is 0 Å². The smallest absolute Gasteiger partial charge is 0.303 e. The zero-order valence-corrected chi connectivity index (χ0v) is 20.9. The summed E-state index contributed by atoms with van der Waals surface area (Å²) in [7, 11) is 0. The van der Waals surface area contributed by atoms with Crippen molar-refractivity contribution in [3.05, 3.63) is 48.0 Å². The van der Waals surface area contributed by atoms with E-state index in [1.54, 1.807) is 0 Å². The van der Waals surface area contributed by atoms with Gasteiger partial charge in [-0.15, -0.1) is 0 Å². The van der Waals surface area contributed by atoms with Crippen molar-refractivity contribution in [2.45, 2.75) is 122 Å². The van der Waals surface area contributed by atoms with E-state index in [1.165, 1.54) is 82.6 Å². The minimum absolute atomic E-state index is 0.200. The van der Waals surface area contributed by atoms with Crippen molar-refractivity contribution in [3.63, 3.8) is 0 Å². The monoisotopic (exact) mass is 440 g/mol. The molecule has 32 heavy (non-hydrogen) atoms. The highest BCUT2D eigenvalue weighted by Crippen LogP contribution is 2.47. The molecule has 1 aliphatic carbocycles. The van der Waals surface area contributed by atoms with Gasteiger partial charge < -0.3 is 5.11 Å². The SMILES string of the molecule is CCCCCCC=CCC(CC)CCCC(CC(=O)O)CC1(c2ccccc2)CCCC1. The molecule has 180 valence electrons. The van der Waals surface area contributed by atoms with Crippen molar-refractivity contribution in [1.82, 2.24) is 0 Å². The van der Waals surface area contributed by atoms with Crippen molar-refractivity contribution in [3.8, 4) is 0 Å². The lowest BCUT2D eigenvalue weighted by Crippen LogP contribution is -2.27. The zero-order valence-electron chi connectivity index (χ0n) is 20.9. The fraction of sp³-hybridized carbons (Fsp3) is 0.700. The molecule has 1 aromatic rings. The molecule has 2 nitrogen and oxygen atoms in total. The van der Waals surface area contributed by atoms with Crippen LogP contribution < -0.4 is 0 Å². The van der Waals surface area contributed by atoms with Crippen molar-refractivity contribution >= 4 is 5.97 Å². The van der Waals surface area contributed by atoms with Crippen LogP contribution in [-0.4, -0.2) is 11.1 Å². The first-order chi connectivity index (χ1) is 15.6. The van der Waals surface area contributed by atoms with Gasteiger partial charge in [-0.2, -0.15) is 0 Å². The Labute approximate surface area is 197 Å². The van der Waals surface area contributed by atoms with E-state index >= 15 is 0 Å². The maximum Gasteiger partial charge on any atom is 0.303 e. The molecule has 2 unspecified atom stereocenters. The largest absolute Gasteiger partial charge is 0.481 e. The summed E-state index contributed by atoms with van der Waals surface area (Å²) in [4.78, 5) is 11.6. The summed E-state index contributed by atoms with van der Waals surface area (Å²) in [6.45, 7) is 4.56. The summed E-state index contributed by atoms with van der Waals surface area (Å²) < 4.78 is 0. The van der Waals surface area contributed by atoms with E-state index in [-0.39, 0.29) is 11.3 Å². The number of rotatable bonds is 17. The van der Waals surface area contributed by atoms with Crippen LogP contribution in [0.25, 0.3) is 0 Å². The molecule has 0 aromatic heterocycles. The number of carboxylic acid groups (broad SMARTS) is 1. The first-order valence-corrected chi connectivity index (χ1v) is 13.5. The molecule has 1 saturated carbocycles. The summed E-state index contributed by atoms with van der Waals surface area (Å²) in [6, 6.07) is 10.9. The third-order valence-electron chi connectivity index (χ3n) is 7.75. The second-order valence-corrected chi connectivity index (χ2v) is 10.3. The van der Waals surface area contributed by atoms with Gasteiger partial charge in [-0.05, 0) is 67.8 Å². The van der Waals surface area contributed by atoms with Crippen molar-refractivity contribution in [1.29, 1.82) is 0 Å². The van der Waals surface area contributed by atoms with Crippen LogP contribution >= 0.6 is 0 Å². The molecule has 2 rings (SSSR count). The Morgan fingerprint density at radius 3 is 2.34 bits per heavy atom. The summed E-state index contributed by atoms with van der Waals surface area (Å²) in [6.07, 6.45) is 23.5. The highest BCUT2D eigenvalue weighted by Gasteiger charge is 2.37. The van der Waals surface area contributed by atoms with E-state index in [1.807, 2.05) is 0 Å². The van der Waals surface area contributed by atoms with Gasteiger partial charge in [0.05, 0.1) is 0 Å². The minimum atomic E-state index is -0.630. The first-order valence-electron chi connectivity index (χ1n) is 13.5. The zero-order chi connectivity index (χ0) is 23.1. The van der Waals surface area contributed by atoms with Crippen LogP contribution in [0.15, 0.2) is 42.5 Å². The van der Waals surface area contributed by atoms with Gasteiger partial charge >= 0.3 is 5.97 Å². The number of aliphatic carboxylic acids is 1. The van der Waals surface area contributed by atoms with Crippen LogP contribution in [0.1, 0.15) is 122 Å². The molecule has 1 fully saturated rings. The van der Waals surface area contributed by atoms with E-state index in [9.17, 15) is 9.90 Å². The lowest BCUT2D eigenvalue weighted by Gasteiger charge is -2.34. The van der Waals surface area contributed by atoms with Gasteiger partial charge in [0.15, 0.2) is 0 Å². The summed E-state index contributed by atoms with van der Waals surface area (Å²) >= 11 is 0. The van der Waals surface area contributed by atoms with Crippen LogP contribution in [0, 0.1) is 11.8 Å². The predicted octanol–water partition coefficient (Wildman–Crippen LogP) is 9.09. The molecule has 0 amide bonds. The maximum absolute atomic E-state index is 11.6. The third kappa shape index (κ3) is 9.51. The van der Waals surface area contributed by atoms with Crippen molar-refractivity contribution in [2.24, 2.45) is 11.8 Å². The van der Waals surface area contributed by atoms with Crippen molar-refractivity contribution < 1.29 is 9.90 Å². The van der Waals surface area contributed by atoms with Crippen molar-refractivity contribution in [2.75, 3.05) is 0 Å². The number of hydrogen-bond donors (Lipinski definition) is 1. The molecular weight excluding hydrogens is 392 g/mol. The van der Waals surface area contributed by atoms with Gasteiger partial charge in [-0.3, -0.25) is 4.79 Å². The van der Waals surface area contributed by atoms with E-state index in [2.05, 4.69) is 56.3 Å². The Bertz CT molecular complexity index is 642. The minimum Gasteiger partial charge on any atom is -0.481 e. The van der Waals surface area contributed by atoms with Gasteiger partial charge in [-0.25, -0.2) is 0 Å². The van der Waals surface area contributed by atoms with Gasteiger partial charge in [0, 0.05) is 6.42 Å². The molecule has 2 atom stereocenters. The predicted molar refractivity (Wildman–Crippen MR) is 137 cm³/mol. The Hall–Kier alpha value is -1.57. The number of carbonyl (C=O) groups is 1. The molecule has 1 aliphatic rings. The van der Waals surface area contributed by atoms with Crippen LogP contribution in [0.3, 0.4) is 0 Å². The van der Waals surface area contributed by atoms with Crippen LogP contribution in [-0.2, 0) is 10.2 Å². The Morgan fingerprint density at radius 2 is 1.69 bits per heavy atom. The van der Waals surface area contributed by atoms with E-state index in [0.717, 1.165) is 25.2 Å². The third-order valence-corrected chi connectivity index (χ3v) is 7.75. The molecule has 0 spiro atoms. The molecular formula is C30H48O2. The molecule has 1 aromatic carbocycles. The highest BCUT2D eigenvalue weighted by molar-refractivity contribution is 5.67. The highest BCUT2D eigenvalue weighted by atomic mass is 16.4. The first kappa shape index (κ1) is 26.7. The quantitative estimate of drug-likeness (QED) is 0.194. The maximum atomic E-state index is 11.6. The topological polar surface area (TPSA) is 37.3 Å². The van der Waals surface area contributed by atoms with E-state index in [4.69, 9.17) is 0 Å². The average molecular weight is 441 g/mol. The van der Waals surface area contributed by atoms with Gasteiger partial charge in [0.25, 0.3) is 0 Å². The lowest BCUT2D eigenvalue weighted by molar-refractivity contribution is -0.138. The fourth-order valence-corrected chi connectivity index (χ4v) is 5.81. The molecule has 1 N–H and O–H groups in total. The summed E-state index contributed by atoms with van der Waals surface area (Å²) in [5.41, 5.74) is 1.63. The summed E-state index contributed by atoms with van der Waals surface area (Å²) in [5, 5.41) is 9.58. The van der Waals surface area contributed by atoms with Gasteiger partial charge in [0.1, 0.15) is 0 Å². The molecule has 0 radical (unpaired) electrons. The van der Waals surface area contributed by atoms with Crippen LogP contribution in [0.4, 0.5) is 0 Å². The number of carboxylic acids is 1. The fourth-order valence-electron chi connectivity index (χ4n) is 5.81. The lowest BCUT2D eigenvalue weighted by atomic mass is 9.71. The normalized spacial score (nSPS) is 17.6.